The van der Waals surface area contributed by atoms with Gasteiger partial charge in [-0.1, -0.05) is 0 Å². The van der Waals surface area contributed by atoms with Gasteiger partial charge < -0.3 is 14.4 Å². The van der Waals surface area contributed by atoms with Crippen LogP contribution in [0.15, 0.2) is 49.1 Å². The second-order valence-electron chi connectivity index (χ2n) is 6.19. The van der Waals surface area contributed by atoms with Crippen LogP contribution >= 0.6 is 0 Å². The van der Waals surface area contributed by atoms with Crippen LogP contribution in [0.25, 0.3) is 17.3 Å². The monoisotopic (exact) mass is 374 g/mol. The Morgan fingerprint density at radius 2 is 1.77 bits per heavy atom. The van der Waals surface area contributed by atoms with Crippen molar-refractivity contribution in [2.45, 2.75) is 12.1 Å². The molecule has 0 amide bonds. The number of rotatable bonds is 4. The molecule has 0 aliphatic carbocycles. The molecule has 1 fully saturated rings. The molecular weight excluding hydrogens is 356 g/mol. The van der Waals surface area contributed by atoms with Crippen LogP contribution < -0.4 is 4.74 Å². The maximum Gasteiger partial charge on any atom is 0.181 e. The number of sulfone groups is 1. The first-order valence-corrected chi connectivity index (χ1v) is 9.90. The molecule has 136 valence electrons. The minimum absolute atomic E-state index is 0.110. The van der Waals surface area contributed by atoms with Crippen LogP contribution in [0, 0.1) is 0 Å². The van der Waals surface area contributed by atoms with Crippen molar-refractivity contribution >= 4 is 9.84 Å². The number of imidazole rings is 2. The van der Waals surface area contributed by atoms with Crippen LogP contribution in [0.5, 0.6) is 5.75 Å². The lowest BCUT2D eigenvalue weighted by molar-refractivity contribution is 0.154. The van der Waals surface area contributed by atoms with Crippen molar-refractivity contribution in [1.29, 1.82) is 0 Å². The average molecular weight is 374 g/mol. The Morgan fingerprint density at radius 1 is 1.08 bits per heavy atom. The lowest BCUT2D eigenvalue weighted by atomic mass is 10.2. The van der Waals surface area contributed by atoms with E-state index in [0.717, 1.165) is 11.4 Å². The Balaban J connectivity index is 1.75. The number of benzene rings is 1. The molecule has 8 nitrogen and oxygen atoms in total. The minimum Gasteiger partial charge on any atom is -0.497 e. The lowest BCUT2D eigenvalue weighted by Crippen LogP contribution is -2.22. The van der Waals surface area contributed by atoms with Crippen molar-refractivity contribution in [3.63, 3.8) is 0 Å². The van der Waals surface area contributed by atoms with Gasteiger partial charge in [0, 0.05) is 30.5 Å². The average Bonchev–Trinajstić information content (AvgIpc) is 3.32. The quantitative estimate of drug-likeness (QED) is 0.733. The van der Waals surface area contributed by atoms with Gasteiger partial charge in [0.1, 0.15) is 5.75 Å². The summed E-state index contributed by atoms with van der Waals surface area (Å²) in [6.07, 6.45) is 5.76. The highest BCUT2D eigenvalue weighted by Gasteiger charge is 2.38. The molecule has 1 saturated heterocycles. The van der Waals surface area contributed by atoms with Crippen molar-refractivity contribution in [3.05, 3.63) is 49.1 Å². The van der Waals surface area contributed by atoms with Gasteiger partial charge >= 0.3 is 0 Å². The second-order valence-corrected chi connectivity index (χ2v) is 8.34. The van der Waals surface area contributed by atoms with Gasteiger partial charge in [-0.3, -0.25) is 4.57 Å². The van der Waals surface area contributed by atoms with Gasteiger partial charge in [-0.25, -0.2) is 18.4 Å². The fourth-order valence-corrected chi connectivity index (χ4v) is 5.03. The molecule has 0 spiro atoms. The summed E-state index contributed by atoms with van der Waals surface area (Å²) in [6, 6.07) is 6.91. The zero-order valence-electron chi connectivity index (χ0n) is 14.1. The number of ether oxygens (including phenoxy) is 1. The summed E-state index contributed by atoms with van der Waals surface area (Å²) in [4.78, 5) is 8.74. The number of hydrogen-bond donors (Lipinski definition) is 1. The summed E-state index contributed by atoms with van der Waals surface area (Å²) in [5.41, 5.74) is 0.868. The second kappa shape index (κ2) is 6.26. The standard InChI is InChI=1S/C17H18N4O4S/c1-25-13-4-2-12(3-5-13)20-8-6-18-16(20)17-19-7-9-21(17)14-10-26(23,24)11-15(14)22/h2-9,14-15,22H,10-11H2,1H3/t14-,15-/m1/s1. The van der Waals surface area contributed by atoms with Crippen LogP contribution in [0.1, 0.15) is 6.04 Å². The van der Waals surface area contributed by atoms with Gasteiger partial charge in [0.25, 0.3) is 0 Å². The topological polar surface area (TPSA) is 99.2 Å². The van der Waals surface area contributed by atoms with Crippen molar-refractivity contribution in [3.8, 4) is 23.1 Å². The molecule has 0 radical (unpaired) electrons. The molecule has 0 saturated carbocycles. The first-order valence-electron chi connectivity index (χ1n) is 8.08. The Morgan fingerprint density at radius 3 is 2.42 bits per heavy atom. The van der Waals surface area contributed by atoms with E-state index in [1.54, 1.807) is 36.5 Å². The van der Waals surface area contributed by atoms with Crippen molar-refractivity contribution < 1.29 is 18.3 Å². The Labute approximate surface area is 150 Å². The zero-order valence-corrected chi connectivity index (χ0v) is 14.9. The van der Waals surface area contributed by atoms with E-state index >= 15 is 0 Å². The van der Waals surface area contributed by atoms with Crippen LogP contribution in [0.3, 0.4) is 0 Å². The van der Waals surface area contributed by atoms with Crippen molar-refractivity contribution in [2.24, 2.45) is 0 Å². The molecule has 3 aromatic rings. The molecule has 9 heteroatoms. The molecule has 1 N–H and O–H groups in total. The van der Waals surface area contributed by atoms with Crippen molar-refractivity contribution in [1.82, 2.24) is 19.1 Å². The predicted molar refractivity (Wildman–Crippen MR) is 95.0 cm³/mol. The van der Waals surface area contributed by atoms with Crippen LogP contribution in [-0.4, -0.2) is 57.3 Å². The summed E-state index contributed by atoms with van der Waals surface area (Å²) < 4.78 is 32.5. The van der Waals surface area contributed by atoms with Gasteiger partial charge in [0.15, 0.2) is 21.5 Å². The molecule has 1 aliphatic heterocycles. The van der Waals surface area contributed by atoms with E-state index in [0.29, 0.717) is 11.6 Å². The molecule has 2 atom stereocenters. The van der Waals surface area contributed by atoms with E-state index in [1.165, 1.54) is 0 Å². The molecule has 0 unspecified atom stereocenters. The van der Waals surface area contributed by atoms with E-state index in [4.69, 9.17) is 4.74 Å². The molecule has 26 heavy (non-hydrogen) atoms. The maximum atomic E-state index is 11.9. The number of hydrogen-bond acceptors (Lipinski definition) is 6. The molecule has 1 aliphatic rings. The van der Waals surface area contributed by atoms with E-state index in [1.807, 2.05) is 28.8 Å². The normalized spacial score (nSPS) is 21.8. The first-order chi connectivity index (χ1) is 12.5. The van der Waals surface area contributed by atoms with E-state index in [2.05, 4.69) is 9.97 Å². The summed E-state index contributed by atoms with van der Waals surface area (Å²) in [6.45, 7) is 0. The van der Waals surface area contributed by atoms with Gasteiger partial charge in [0.2, 0.25) is 0 Å². The molecule has 2 aromatic heterocycles. The molecule has 0 bridgehead atoms. The Kier molecular flexibility index (Phi) is 4.04. The van der Waals surface area contributed by atoms with Crippen LogP contribution in [0.2, 0.25) is 0 Å². The molecular formula is C17H18N4O4S. The zero-order chi connectivity index (χ0) is 18.3. The molecule has 3 heterocycles. The van der Waals surface area contributed by atoms with E-state index in [-0.39, 0.29) is 11.5 Å². The van der Waals surface area contributed by atoms with E-state index < -0.39 is 22.0 Å². The molecule has 4 rings (SSSR count). The third-order valence-electron chi connectivity index (χ3n) is 4.51. The predicted octanol–water partition coefficient (Wildman–Crippen LogP) is 1.07. The summed E-state index contributed by atoms with van der Waals surface area (Å²) in [5.74, 6) is 1.48. The lowest BCUT2D eigenvalue weighted by Gasteiger charge is -2.18. The smallest absolute Gasteiger partial charge is 0.181 e. The van der Waals surface area contributed by atoms with Crippen LogP contribution in [-0.2, 0) is 9.84 Å². The van der Waals surface area contributed by atoms with Gasteiger partial charge in [-0.05, 0) is 24.3 Å². The fraction of sp³-hybridized carbons (Fsp3) is 0.294. The number of aliphatic hydroxyl groups is 1. The fourth-order valence-electron chi connectivity index (χ4n) is 3.25. The number of aromatic nitrogens is 4. The number of aliphatic hydroxyl groups excluding tert-OH is 1. The summed E-state index contributed by atoms with van der Waals surface area (Å²) in [5, 5.41) is 10.2. The van der Waals surface area contributed by atoms with E-state index in [9.17, 15) is 13.5 Å². The third-order valence-corrected chi connectivity index (χ3v) is 6.21. The Hall–Kier alpha value is -2.65. The van der Waals surface area contributed by atoms with Gasteiger partial charge in [-0.15, -0.1) is 0 Å². The van der Waals surface area contributed by atoms with Crippen molar-refractivity contribution in [2.75, 3.05) is 18.6 Å². The summed E-state index contributed by atoms with van der Waals surface area (Å²) >= 11 is 0. The van der Waals surface area contributed by atoms with Gasteiger partial charge in [-0.2, -0.15) is 0 Å². The summed E-state index contributed by atoms with van der Waals surface area (Å²) in [7, 11) is -1.66. The highest BCUT2D eigenvalue weighted by molar-refractivity contribution is 7.91. The van der Waals surface area contributed by atoms with Gasteiger partial charge in [0.05, 0.1) is 30.8 Å². The third kappa shape index (κ3) is 2.89. The largest absolute Gasteiger partial charge is 0.497 e. The minimum atomic E-state index is -3.27. The maximum absolute atomic E-state index is 11.9. The highest BCUT2D eigenvalue weighted by Crippen LogP contribution is 2.29. The highest BCUT2D eigenvalue weighted by atomic mass is 32.2. The molecule has 1 aromatic carbocycles. The Bertz CT molecular complexity index is 1020. The SMILES string of the molecule is COc1ccc(-n2ccnc2-c2nccn2[C@@H]2CS(=O)(=O)C[C@H]2O)cc1. The van der Waals surface area contributed by atoms with Crippen LogP contribution in [0.4, 0.5) is 0 Å². The first kappa shape index (κ1) is 16.8. The number of methoxy groups -OCH3 is 1. The number of nitrogens with zero attached hydrogens (tertiary/aromatic N) is 4.